The second-order valence-electron chi connectivity index (χ2n) is 7.25. The Balaban J connectivity index is 0.00000392. The van der Waals surface area contributed by atoms with Crippen LogP contribution in [0.5, 0.6) is 0 Å². The number of likely N-dealkylation sites (N-methyl/N-ethyl adjacent to an activating group) is 2. The number of rotatable bonds is 8. The number of halogens is 1. The second-order valence-corrected chi connectivity index (χ2v) is 7.25. The monoisotopic (exact) mass is 411 g/mol. The third kappa shape index (κ3) is 6.47. The zero-order chi connectivity index (χ0) is 19.8. The van der Waals surface area contributed by atoms with Crippen molar-refractivity contribution in [2.45, 2.75) is 45.2 Å². The topological polar surface area (TPSA) is 64.1 Å². The number of carbonyl (C=O) groups excluding carboxylic acids is 1. The Kier molecular flexibility index (Phi) is 10.5. The van der Waals surface area contributed by atoms with Crippen molar-refractivity contribution < 1.29 is 14.7 Å². The molecule has 1 heterocycles. The van der Waals surface area contributed by atoms with E-state index in [0.29, 0.717) is 13.1 Å². The minimum Gasteiger partial charge on any atom is -0.480 e. The molecule has 0 spiro atoms. The predicted octanol–water partition coefficient (Wildman–Crippen LogP) is 2.89. The van der Waals surface area contributed by atoms with Crippen LogP contribution in [-0.4, -0.2) is 77.5 Å². The van der Waals surface area contributed by atoms with Crippen LogP contribution >= 0.6 is 12.4 Å². The van der Waals surface area contributed by atoms with Crippen LogP contribution in [0.4, 0.5) is 0 Å². The normalized spacial score (nSPS) is 18.8. The number of hydrogen-bond donors (Lipinski definition) is 1. The Hall–Kier alpha value is -1.63. The molecule has 0 aliphatic carbocycles. The average molecular weight is 412 g/mol. The molecule has 6 nitrogen and oxygen atoms in total. The quantitative estimate of drug-likeness (QED) is 0.712. The van der Waals surface area contributed by atoms with Gasteiger partial charge in [-0.15, -0.1) is 12.4 Å². The van der Waals surface area contributed by atoms with Gasteiger partial charge in [0.25, 0.3) is 0 Å². The van der Waals surface area contributed by atoms with E-state index in [-0.39, 0.29) is 36.9 Å². The zero-order valence-electron chi connectivity index (χ0n) is 17.2. The second kappa shape index (κ2) is 12.0. The number of hydrogen-bond acceptors (Lipinski definition) is 4. The molecule has 1 N–H and O–H groups in total. The van der Waals surface area contributed by atoms with Gasteiger partial charge >= 0.3 is 5.97 Å². The van der Waals surface area contributed by atoms with E-state index in [1.165, 1.54) is 0 Å². The van der Waals surface area contributed by atoms with E-state index in [1.807, 2.05) is 61.0 Å². The highest BCUT2D eigenvalue weighted by Crippen LogP contribution is 2.27. The number of aliphatic carboxylic acids is 1. The molecule has 0 aromatic heterocycles. The summed E-state index contributed by atoms with van der Waals surface area (Å²) in [5.41, 5.74) is 1.03. The highest BCUT2D eigenvalue weighted by molar-refractivity contribution is 5.85. The van der Waals surface area contributed by atoms with Crippen molar-refractivity contribution in [3.63, 3.8) is 0 Å². The van der Waals surface area contributed by atoms with E-state index < -0.39 is 5.97 Å². The number of nitrogens with zero attached hydrogens (tertiary/aromatic N) is 3. The Morgan fingerprint density at radius 1 is 1.14 bits per heavy atom. The maximum absolute atomic E-state index is 13.3. The third-order valence-corrected chi connectivity index (χ3v) is 5.53. The van der Waals surface area contributed by atoms with E-state index in [4.69, 9.17) is 5.11 Å². The smallest absolute Gasteiger partial charge is 0.317 e. The summed E-state index contributed by atoms with van der Waals surface area (Å²) >= 11 is 0. The maximum Gasteiger partial charge on any atom is 0.317 e. The molecule has 1 aromatic carbocycles. The molecule has 1 fully saturated rings. The molecule has 2 unspecified atom stereocenters. The van der Waals surface area contributed by atoms with Crippen molar-refractivity contribution in [1.29, 1.82) is 0 Å². The van der Waals surface area contributed by atoms with Crippen molar-refractivity contribution in [2.75, 3.05) is 39.8 Å². The first kappa shape index (κ1) is 24.4. The third-order valence-electron chi connectivity index (χ3n) is 5.53. The molecule has 7 heteroatoms. The van der Waals surface area contributed by atoms with Crippen molar-refractivity contribution >= 4 is 24.3 Å². The van der Waals surface area contributed by atoms with Crippen molar-refractivity contribution in [2.24, 2.45) is 0 Å². The molecule has 1 saturated heterocycles. The lowest BCUT2D eigenvalue weighted by molar-refractivity contribution is -0.138. The molecular formula is C21H34ClN3O3. The summed E-state index contributed by atoms with van der Waals surface area (Å²) in [4.78, 5) is 30.4. The Labute approximate surface area is 174 Å². The fourth-order valence-electron chi connectivity index (χ4n) is 4.00. The van der Waals surface area contributed by atoms with Crippen LogP contribution in [0.3, 0.4) is 0 Å². The SMILES string of the molecule is CCN(CC)C(=O)C(c1ccccc1)N1CCCC(N(C)CC(=O)O)CC1.Cl. The molecule has 2 rings (SSSR count). The van der Waals surface area contributed by atoms with Gasteiger partial charge in [-0.3, -0.25) is 19.4 Å². The van der Waals surface area contributed by atoms with Gasteiger partial charge in [0.15, 0.2) is 0 Å². The molecule has 1 aliphatic rings. The van der Waals surface area contributed by atoms with Crippen LogP contribution in [0.25, 0.3) is 0 Å². The van der Waals surface area contributed by atoms with Gasteiger partial charge in [-0.2, -0.15) is 0 Å². The summed E-state index contributed by atoms with van der Waals surface area (Å²) in [6, 6.07) is 9.98. The maximum atomic E-state index is 13.3. The molecule has 0 radical (unpaired) electrons. The van der Waals surface area contributed by atoms with E-state index in [2.05, 4.69) is 4.90 Å². The van der Waals surface area contributed by atoms with Gasteiger partial charge in [-0.1, -0.05) is 30.3 Å². The van der Waals surface area contributed by atoms with Gasteiger partial charge < -0.3 is 10.0 Å². The lowest BCUT2D eigenvalue weighted by Gasteiger charge is -2.34. The van der Waals surface area contributed by atoms with Crippen molar-refractivity contribution in [3.05, 3.63) is 35.9 Å². The first-order valence-electron chi connectivity index (χ1n) is 9.97. The molecule has 2 atom stereocenters. The van der Waals surface area contributed by atoms with E-state index in [1.54, 1.807) is 0 Å². The minimum atomic E-state index is -0.794. The van der Waals surface area contributed by atoms with Gasteiger partial charge in [0.2, 0.25) is 5.91 Å². The summed E-state index contributed by atoms with van der Waals surface area (Å²) in [6.45, 7) is 7.15. The summed E-state index contributed by atoms with van der Waals surface area (Å²) in [5.74, 6) is -0.638. The zero-order valence-corrected chi connectivity index (χ0v) is 18.0. The van der Waals surface area contributed by atoms with Gasteiger partial charge in [0.1, 0.15) is 6.04 Å². The fraction of sp³-hybridized carbons (Fsp3) is 0.619. The number of carboxylic acid groups (broad SMARTS) is 1. The van der Waals surface area contributed by atoms with E-state index in [0.717, 1.165) is 37.9 Å². The molecular weight excluding hydrogens is 378 g/mol. The van der Waals surface area contributed by atoms with Crippen LogP contribution in [0.2, 0.25) is 0 Å². The Morgan fingerprint density at radius 2 is 1.79 bits per heavy atom. The lowest BCUT2D eigenvalue weighted by Crippen LogP contribution is -2.44. The van der Waals surface area contributed by atoms with Crippen LogP contribution in [-0.2, 0) is 9.59 Å². The molecule has 1 aliphatic heterocycles. The molecule has 0 saturated carbocycles. The Morgan fingerprint density at radius 3 is 2.36 bits per heavy atom. The Bertz CT molecular complexity index is 610. The highest BCUT2D eigenvalue weighted by Gasteiger charge is 2.32. The number of likely N-dealkylation sites (tertiary alicyclic amines) is 1. The summed E-state index contributed by atoms with van der Waals surface area (Å²) in [5, 5.41) is 9.06. The van der Waals surface area contributed by atoms with Crippen molar-refractivity contribution in [1.82, 2.24) is 14.7 Å². The molecule has 158 valence electrons. The van der Waals surface area contributed by atoms with Gasteiger partial charge in [-0.05, 0) is 52.3 Å². The van der Waals surface area contributed by atoms with Gasteiger partial charge in [0.05, 0.1) is 6.54 Å². The summed E-state index contributed by atoms with van der Waals surface area (Å²) < 4.78 is 0. The molecule has 1 aromatic rings. The fourth-order valence-corrected chi connectivity index (χ4v) is 4.00. The van der Waals surface area contributed by atoms with Gasteiger partial charge in [0, 0.05) is 25.7 Å². The highest BCUT2D eigenvalue weighted by atomic mass is 35.5. The lowest BCUT2D eigenvalue weighted by atomic mass is 10.0. The van der Waals surface area contributed by atoms with E-state index >= 15 is 0 Å². The number of benzene rings is 1. The average Bonchev–Trinajstić information content (AvgIpc) is 2.90. The van der Waals surface area contributed by atoms with Gasteiger partial charge in [-0.25, -0.2) is 0 Å². The van der Waals surface area contributed by atoms with Crippen LogP contribution < -0.4 is 0 Å². The minimum absolute atomic E-state index is 0. The van der Waals surface area contributed by atoms with Crippen LogP contribution in [0, 0.1) is 0 Å². The predicted molar refractivity (Wildman–Crippen MR) is 114 cm³/mol. The largest absolute Gasteiger partial charge is 0.480 e. The summed E-state index contributed by atoms with van der Waals surface area (Å²) in [7, 11) is 1.88. The number of carbonyl (C=O) groups is 2. The van der Waals surface area contributed by atoms with Crippen LogP contribution in [0.1, 0.15) is 44.7 Å². The van der Waals surface area contributed by atoms with Crippen molar-refractivity contribution in [3.8, 4) is 0 Å². The number of carboxylic acids is 1. The number of amides is 1. The molecule has 0 bridgehead atoms. The summed E-state index contributed by atoms with van der Waals surface area (Å²) in [6.07, 6.45) is 2.80. The van der Waals surface area contributed by atoms with Crippen LogP contribution in [0.15, 0.2) is 30.3 Å². The van der Waals surface area contributed by atoms with E-state index in [9.17, 15) is 9.59 Å². The first-order valence-corrected chi connectivity index (χ1v) is 9.97. The first-order chi connectivity index (χ1) is 13.0. The molecule has 28 heavy (non-hydrogen) atoms. The standard InChI is InChI=1S/C21H33N3O3.ClH/c1-4-23(5-2)21(27)20(17-10-7-6-8-11-17)24-14-9-12-18(13-15-24)22(3)16-19(25)26;/h6-8,10-11,18,20H,4-5,9,12-16H2,1-3H3,(H,25,26);1H. The molecule has 1 amide bonds.